The van der Waals surface area contributed by atoms with Crippen LogP contribution in [-0.4, -0.2) is 73.9 Å². The van der Waals surface area contributed by atoms with Crippen molar-refractivity contribution in [2.75, 3.05) is 39.9 Å². The van der Waals surface area contributed by atoms with Crippen molar-refractivity contribution < 1.29 is 38.1 Å². The zero-order valence-electron chi connectivity index (χ0n) is 40.0. The van der Waals surface area contributed by atoms with Crippen molar-refractivity contribution in [2.24, 2.45) is 23.7 Å². The van der Waals surface area contributed by atoms with Gasteiger partial charge in [0.15, 0.2) is 11.6 Å². The second-order valence-electron chi connectivity index (χ2n) is 18.0. The number of Topliss-reactive ketones (excluding diaryl/α,β-unsaturated/α-hetero) is 2. The Kier molecular flexibility index (Phi) is 18.8. The van der Waals surface area contributed by atoms with Gasteiger partial charge in [-0.15, -0.1) is 0 Å². The molecule has 6 N–H and O–H groups in total. The van der Waals surface area contributed by atoms with Gasteiger partial charge >= 0.3 is 0 Å². The Balaban J connectivity index is 0.000000247. The molecule has 2 saturated carbocycles. The highest BCUT2D eigenvalue weighted by Crippen LogP contribution is 2.36. The molecule has 0 aliphatic heterocycles. The molecule has 2 aromatic heterocycles. The molecule has 2 heterocycles. The Hall–Kier alpha value is -6.18. The highest BCUT2D eigenvalue weighted by atomic mass is 16.5. The fourth-order valence-corrected chi connectivity index (χ4v) is 9.15. The molecule has 356 valence electrons. The van der Waals surface area contributed by atoms with Gasteiger partial charge in [0, 0.05) is 48.2 Å². The molecular formula is C52H70N6O8. The second kappa shape index (κ2) is 24.4. The number of nitrogens with one attached hydrogen (secondary N) is 2. The van der Waals surface area contributed by atoms with Gasteiger partial charge in [-0.2, -0.15) is 0 Å². The molecule has 0 saturated heterocycles. The first-order valence-electron chi connectivity index (χ1n) is 23.1. The quantitative estimate of drug-likeness (QED) is 0.0689. The maximum atomic E-state index is 12.8. The first kappa shape index (κ1) is 50.8. The number of hydrogen-bond acceptors (Lipinski definition) is 12. The molecule has 6 atom stereocenters. The number of carbonyl (C=O) groups is 4. The van der Waals surface area contributed by atoms with Gasteiger partial charge in [0.25, 0.3) is 0 Å². The second-order valence-corrected chi connectivity index (χ2v) is 18.0. The normalized spacial score (nSPS) is 18.5. The molecule has 0 bridgehead atoms. The molecule has 14 nitrogen and oxygen atoms in total. The van der Waals surface area contributed by atoms with E-state index in [1.54, 1.807) is 54.4 Å². The van der Waals surface area contributed by atoms with Gasteiger partial charge in [-0.3, -0.25) is 19.2 Å². The summed E-state index contributed by atoms with van der Waals surface area (Å²) in [5, 5.41) is 5.88. The fourth-order valence-electron chi connectivity index (χ4n) is 9.15. The minimum Gasteiger partial charge on any atom is -0.497 e. The van der Waals surface area contributed by atoms with Gasteiger partial charge in [0.2, 0.25) is 11.8 Å². The number of benzene rings is 2. The van der Waals surface area contributed by atoms with Crippen LogP contribution in [0.2, 0.25) is 0 Å². The van der Waals surface area contributed by atoms with Crippen LogP contribution in [0.3, 0.4) is 0 Å². The lowest BCUT2D eigenvalue weighted by molar-refractivity contribution is -0.129. The highest BCUT2D eigenvalue weighted by Gasteiger charge is 2.33. The van der Waals surface area contributed by atoms with Crippen LogP contribution in [0.5, 0.6) is 23.0 Å². The number of nitrogens with zero attached hydrogens (tertiary/aromatic N) is 2. The molecule has 6 rings (SSSR count). The number of methoxy groups -OCH3 is 4. The summed E-state index contributed by atoms with van der Waals surface area (Å²) in [5.41, 5.74) is 17.4. The van der Waals surface area contributed by atoms with Gasteiger partial charge in [0.05, 0.1) is 40.5 Å². The van der Waals surface area contributed by atoms with Crippen molar-refractivity contribution in [1.29, 1.82) is 0 Å². The zero-order valence-corrected chi connectivity index (χ0v) is 40.0. The molecule has 0 radical (unpaired) electrons. The van der Waals surface area contributed by atoms with Crippen LogP contribution in [-0.2, 0) is 44.9 Å². The number of pyridine rings is 2. The van der Waals surface area contributed by atoms with E-state index in [4.69, 9.17) is 30.4 Å². The van der Waals surface area contributed by atoms with E-state index >= 15 is 0 Å². The Morgan fingerprint density at radius 2 is 0.924 bits per heavy atom. The van der Waals surface area contributed by atoms with E-state index < -0.39 is 12.1 Å². The Morgan fingerprint density at radius 1 is 0.576 bits per heavy atom. The molecule has 2 amide bonds. The number of anilines is 2. The van der Waals surface area contributed by atoms with E-state index in [0.717, 1.165) is 108 Å². The first-order chi connectivity index (χ1) is 31.6. The third-order valence-corrected chi connectivity index (χ3v) is 13.1. The monoisotopic (exact) mass is 907 g/mol. The zero-order chi connectivity index (χ0) is 47.9. The van der Waals surface area contributed by atoms with Crippen LogP contribution in [0, 0.1) is 37.5 Å². The van der Waals surface area contributed by atoms with Crippen LogP contribution in [0.25, 0.3) is 0 Å². The van der Waals surface area contributed by atoms with Crippen LogP contribution in [0.1, 0.15) is 98.9 Å². The number of nitrogens with two attached hydrogens (primary N) is 2. The lowest BCUT2D eigenvalue weighted by Crippen LogP contribution is -2.41. The summed E-state index contributed by atoms with van der Waals surface area (Å²) in [7, 11) is 6.57. The molecule has 4 aromatic rings. The number of rotatable bonds is 20. The molecule has 2 aliphatic carbocycles. The van der Waals surface area contributed by atoms with E-state index in [2.05, 4.69) is 20.6 Å². The van der Waals surface area contributed by atoms with Gasteiger partial charge in [0.1, 0.15) is 34.6 Å². The third-order valence-electron chi connectivity index (χ3n) is 13.1. The molecule has 2 aliphatic rings. The Labute approximate surface area is 390 Å². The van der Waals surface area contributed by atoms with Gasteiger partial charge < -0.3 is 41.0 Å². The van der Waals surface area contributed by atoms with Crippen molar-refractivity contribution in [2.45, 2.75) is 117 Å². The summed E-state index contributed by atoms with van der Waals surface area (Å²) in [6.07, 6.45) is 8.96. The number of carbonyl (C=O) groups excluding carboxylic acids is 4. The maximum Gasteiger partial charge on any atom is 0.223 e. The molecule has 14 heteroatoms. The van der Waals surface area contributed by atoms with E-state index in [0.29, 0.717) is 49.2 Å². The predicted octanol–water partition coefficient (Wildman–Crippen LogP) is 7.31. The molecule has 0 spiro atoms. The van der Waals surface area contributed by atoms with Crippen molar-refractivity contribution in [3.05, 3.63) is 94.3 Å². The minimum atomic E-state index is -0.499. The minimum absolute atomic E-state index is 0.0214. The van der Waals surface area contributed by atoms with E-state index in [1.807, 2.05) is 62.4 Å². The third kappa shape index (κ3) is 14.9. The molecule has 2 aromatic carbocycles. The van der Waals surface area contributed by atoms with E-state index in [1.165, 1.54) is 0 Å². The molecule has 2 fully saturated rings. The first-order valence-corrected chi connectivity index (χ1v) is 23.1. The van der Waals surface area contributed by atoms with Crippen molar-refractivity contribution in [3.8, 4) is 23.0 Å². The molecule has 0 unspecified atom stereocenters. The largest absolute Gasteiger partial charge is 0.497 e. The van der Waals surface area contributed by atoms with Gasteiger partial charge in [-0.1, -0.05) is 12.1 Å². The summed E-state index contributed by atoms with van der Waals surface area (Å²) in [5.74, 6) is 4.78. The summed E-state index contributed by atoms with van der Waals surface area (Å²) >= 11 is 0. The number of aryl methyl sites for hydroxylation is 4. The Morgan fingerprint density at radius 3 is 1.24 bits per heavy atom. The van der Waals surface area contributed by atoms with Crippen molar-refractivity contribution in [1.82, 2.24) is 20.6 Å². The van der Waals surface area contributed by atoms with E-state index in [-0.39, 0.29) is 35.2 Å². The number of hydrogen-bond donors (Lipinski definition) is 4. The standard InChI is InChI=1S/2C26H35N3O4/c2*1-16-20(8-10-25(27)28-16)7-9-24(30)17(2)29-26(31)21-6-5-18(12-21)11-19-13-22(32-3)15-23(14-19)33-4/h2*8,10,13-15,17-18,21H,5-7,9,11-12H2,1-4H3,(H2,27,28)(H,29,31)/t2*17-,18-,21+/m00/s1. The maximum absolute atomic E-state index is 12.8. The lowest BCUT2D eigenvalue weighted by Gasteiger charge is -2.17. The van der Waals surface area contributed by atoms with Crippen LogP contribution in [0.15, 0.2) is 60.7 Å². The summed E-state index contributed by atoms with van der Waals surface area (Å²) < 4.78 is 21.4. The lowest BCUT2D eigenvalue weighted by atomic mass is 9.96. The summed E-state index contributed by atoms with van der Waals surface area (Å²) in [4.78, 5) is 59.2. The number of aromatic nitrogens is 2. The SMILES string of the molecule is COc1cc(C[C@@H]2CC[C@@H](C(=O)N[C@@H](C)C(=O)CCc3ccc(N)nc3C)C2)cc(OC)c1.COc1cc(C[C@@H]2CC[C@@H](C(=O)N[C@@H](C)C(=O)CCc3ccc(N)nc3C)C2)cc(OC)c1. The molecule has 66 heavy (non-hydrogen) atoms. The fraction of sp³-hybridized carbons (Fsp3) is 0.500. The van der Waals surface area contributed by atoms with Crippen molar-refractivity contribution >= 4 is 35.0 Å². The predicted molar refractivity (Wildman–Crippen MR) is 257 cm³/mol. The van der Waals surface area contributed by atoms with Crippen molar-refractivity contribution in [3.63, 3.8) is 0 Å². The van der Waals surface area contributed by atoms with Gasteiger partial charge in [-0.05, 0) is 162 Å². The van der Waals surface area contributed by atoms with Crippen LogP contribution in [0.4, 0.5) is 11.6 Å². The highest BCUT2D eigenvalue weighted by molar-refractivity contribution is 5.90. The smallest absolute Gasteiger partial charge is 0.223 e. The summed E-state index contributed by atoms with van der Waals surface area (Å²) in [6.45, 7) is 7.31. The number of amides is 2. The number of ether oxygens (including phenoxy) is 4. The van der Waals surface area contributed by atoms with Crippen LogP contribution < -0.4 is 41.0 Å². The Bertz CT molecular complexity index is 2100. The average Bonchev–Trinajstić information content (AvgIpc) is 3.98. The topological polar surface area (TPSA) is 207 Å². The molecular weight excluding hydrogens is 837 g/mol. The van der Waals surface area contributed by atoms with Crippen LogP contribution >= 0.6 is 0 Å². The number of nitrogen functional groups attached to an aromatic ring is 2. The average molecular weight is 907 g/mol. The number of ketones is 2. The van der Waals surface area contributed by atoms with Gasteiger partial charge in [-0.25, -0.2) is 9.97 Å². The van der Waals surface area contributed by atoms with E-state index in [9.17, 15) is 19.2 Å². The summed E-state index contributed by atoms with van der Waals surface area (Å²) in [6, 6.07) is 18.1.